The fraction of sp³-hybridized carbons (Fsp3) is 0. The largest absolute Gasteiger partial charge is 0.455 e. The van der Waals surface area contributed by atoms with Crippen LogP contribution in [0.1, 0.15) is 0 Å². The van der Waals surface area contributed by atoms with Crippen LogP contribution < -0.4 is 0 Å². The summed E-state index contributed by atoms with van der Waals surface area (Å²) >= 11 is 0. The number of hydrogen-bond acceptors (Lipinski definition) is 5. The highest BCUT2D eigenvalue weighted by molar-refractivity contribution is 6.26. The molecule has 3 heterocycles. The van der Waals surface area contributed by atoms with E-state index in [1.807, 2.05) is 72.8 Å². The van der Waals surface area contributed by atoms with Crippen molar-refractivity contribution < 1.29 is 4.42 Å². The Bertz CT molecular complexity index is 3500. The molecule has 5 nitrogen and oxygen atoms in total. The van der Waals surface area contributed by atoms with Gasteiger partial charge >= 0.3 is 0 Å². The monoisotopic (exact) mass is 752 g/mol. The maximum absolute atomic E-state index is 6.73. The van der Waals surface area contributed by atoms with Gasteiger partial charge in [-0.05, 0) is 56.1 Å². The summed E-state index contributed by atoms with van der Waals surface area (Å²) in [7, 11) is 0. The van der Waals surface area contributed by atoms with Gasteiger partial charge < -0.3 is 4.42 Å². The summed E-state index contributed by atoms with van der Waals surface area (Å²) in [6.07, 6.45) is 0. The third kappa shape index (κ3) is 5.40. The summed E-state index contributed by atoms with van der Waals surface area (Å²) in [5.74, 6) is 1.86. The highest BCUT2D eigenvalue weighted by Gasteiger charge is 2.21. The van der Waals surface area contributed by atoms with Gasteiger partial charge in [-0.3, -0.25) is 0 Å². The molecule has 0 aliphatic rings. The van der Waals surface area contributed by atoms with Gasteiger partial charge in [0.15, 0.2) is 17.5 Å². The van der Waals surface area contributed by atoms with Crippen LogP contribution in [-0.2, 0) is 0 Å². The fourth-order valence-corrected chi connectivity index (χ4v) is 8.72. The van der Waals surface area contributed by atoms with Gasteiger partial charge in [-0.2, -0.15) is 0 Å². The predicted octanol–water partition coefficient (Wildman–Crippen LogP) is 14.1. The second-order valence-electron chi connectivity index (χ2n) is 14.9. The topological polar surface area (TPSA) is 64.7 Å². The highest BCUT2D eigenvalue weighted by atomic mass is 16.3. The van der Waals surface area contributed by atoms with Gasteiger partial charge in [-0.1, -0.05) is 176 Å². The molecule has 5 heteroatoms. The maximum atomic E-state index is 6.73. The first-order valence-electron chi connectivity index (χ1n) is 19.8. The zero-order chi connectivity index (χ0) is 38.9. The lowest BCUT2D eigenvalue weighted by molar-refractivity contribution is 0.672. The number of pyridine rings is 1. The molecular weight excluding hydrogens is 721 g/mol. The second-order valence-corrected chi connectivity index (χ2v) is 14.9. The quantitative estimate of drug-likeness (QED) is 0.164. The standard InChI is InChI=1S/C54H32N4O/c1-3-14-34(15-4-1)52-56-53(35-16-5-2-6-17-35)58-54(57-52)36-28-26-33(27-29-36)49-48-44-22-11-12-25-47(44)59-51(48)45-24-13-23-38(50(45)55-49)37-30-31-43-41-20-8-7-18-39(41)40-19-9-10-21-42(40)46(43)32-37/h1-32H. The van der Waals surface area contributed by atoms with Gasteiger partial charge in [-0.25, -0.2) is 19.9 Å². The molecule has 0 bridgehead atoms. The number of furan rings is 1. The van der Waals surface area contributed by atoms with Crippen LogP contribution in [-0.4, -0.2) is 19.9 Å². The molecule has 0 radical (unpaired) electrons. The minimum Gasteiger partial charge on any atom is -0.455 e. The summed E-state index contributed by atoms with van der Waals surface area (Å²) in [6.45, 7) is 0. The number of rotatable bonds is 5. The molecule has 0 spiro atoms. The Morgan fingerprint density at radius 1 is 0.305 bits per heavy atom. The maximum Gasteiger partial charge on any atom is 0.164 e. The van der Waals surface area contributed by atoms with Crippen molar-refractivity contribution in [2.45, 2.75) is 0 Å². The summed E-state index contributed by atoms with van der Waals surface area (Å²) in [4.78, 5) is 20.4. The molecule has 0 N–H and O–H groups in total. The number of hydrogen-bond donors (Lipinski definition) is 0. The van der Waals surface area contributed by atoms with E-state index in [4.69, 9.17) is 24.4 Å². The minimum atomic E-state index is 0.605. The van der Waals surface area contributed by atoms with Crippen LogP contribution >= 0.6 is 0 Å². The first-order valence-corrected chi connectivity index (χ1v) is 19.8. The van der Waals surface area contributed by atoms with Crippen LogP contribution in [0.25, 0.3) is 122 Å². The van der Waals surface area contributed by atoms with Crippen molar-refractivity contribution in [3.05, 3.63) is 194 Å². The van der Waals surface area contributed by atoms with E-state index in [1.165, 1.54) is 32.3 Å². The Hall–Kier alpha value is -8.02. The summed E-state index contributed by atoms with van der Waals surface area (Å²) in [5.41, 5.74) is 9.28. The van der Waals surface area contributed by atoms with Crippen molar-refractivity contribution in [3.63, 3.8) is 0 Å². The third-order valence-electron chi connectivity index (χ3n) is 11.5. The van der Waals surface area contributed by atoms with Crippen molar-refractivity contribution in [3.8, 4) is 56.5 Å². The van der Waals surface area contributed by atoms with Gasteiger partial charge in [0.05, 0.1) is 16.6 Å². The molecule has 0 unspecified atom stereocenters. The van der Waals surface area contributed by atoms with Gasteiger partial charge in [0.25, 0.3) is 0 Å². The molecule has 0 fully saturated rings. The minimum absolute atomic E-state index is 0.605. The third-order valence-corrected chi connectivity index (χ3v) is 11.5. The molecular formula is C54H32N4O. The Morgan fingerprint density at radius 3 is 1.37 bits per heavy atom. The SMILES string of the molecule is c1ccc(-c2nc(-c3ccccc3)nc(-c3ccc(-c4nc5c(-c6ccc7c8ccccc8c8ccccc8c7c6)cccc5c5oc6ccccc6c45)cc3)n2)cc1. The van der Waals surface area contributed by atoms with Crippen LogP contribution in [0.5, 0.6) is 0 Å². The first kappa shape index (κ1) is 33.2. The van der Waals surface area contributed by atoms with E-state index in [2.05, 4.69) is 121 Å². The molecule has 59 heavy (non-hydrogen) atoms. The molecule has 9 aromatic carbocycles. The molecule has 3 aromatic heterocycles. The van der Waals surface area contributed by atoms with Gasteiger partial charge in [-0.15, -0.1) is 0 Å². The van der Waals surface area contributed by atoms with Gasteiger partial charge in [0, 0.05) is 38.6 Å². The molecule has 0 aliphatic heterocycles. The smallest absolute Gasteiger partial charge is 0.164 e. The van der Waals surface area contributed by atoms with Crippen LogP contribution in [0.3, 0.4) is 0 Å². The number of aromatic nitrogens is 4. The average molecular weight is 753 g/mol. The van der Waals surface area contributed by atoms with E-state index in [0.29, 0.717) is 17.5 Å². The van der Waals surface area contributed by atoms with Crippen LogP contribution in [0, 0.1) is 0 Å². The molecule has 0 aliphatic carbocycles. The van der Waals surface area contributed by atoms with E-state index in [-0.39, 0.29) is 0 Å². The molecule has 0 amide bonds. The van der Waals surface area contributed by atoms with Gasteiger partial charge in [0.1, 0.15) is 11.2 Å². The average Bonchev–Trinajstić information content (AvgIpc) is 3.72. The molecule has 12 aromatic rings. The Balaban J connectivity index is 1.05. The second kappa shape index (κ2) is 13.3. The van der Waals surface area contributed by atoms with Gasteiger partial charge in [0.2, 0.25) is 0 Å². The molecule has 0 saturated heterocycles. The van der Waals surface area contributed by atoms with E-state index in [1.54, 1.807) is 0 Å². The molecule has 0 saturated carbocycles. The molecule has 0 atom stereocenters. The fourth-order valence-electron chi connectivity index (χ4n) is 8.72. The molecule has 12 rings (SSSR count). The Kier molecular flexibility index (Phi) is 7.47. The lowest BCUT2D eigenvalue weighted by Crippen LogP contribution is -2.00. The summed E-state index contributed by atoms with van der Waals surface area (Å²) < 4.78 is 6.73. The van der Waals surface area contributed by atoms with E-state index in [0.717, 1.165) is 71.9 Å². The lowest BCUT2D eigenvalue weighted by atomic mass is 9.91. The number of para-hydroxylation sites is 2. The zero-order valence-electron chi connectivity index (χ0n) is 31.7. The normalized spacial score (nSPS) is 11.7. The highest BCUT2D eigenvalue weighted by Crippen LogP contribution is 2.43. The van der Waals surface area contributed by atoms with Crippen molar-refractivity contribution in [2.75, 3.05) is 0 Å². The number of nitrogens with zero attached hydrogens (tertiary/aromatic N) is 4. The van der Waals surface area contributed by atoms with Crippen LogP contribution in [0.15, 0.2) is 199 Å². The Labute approximate surface area is 338 Å². The first-order chi connectivity index (χ1) is 29.2. The van der Waals surface area contributed by atoms with E-state index in [9.17, 15) is 0 Å². The van der Waals surface area contributed by atoms with Crippen molar-refractivity contribution >= 4 is 65.2 Å². The van der Waals surface area contributed by atoms with Crippen LogP contribution in [0.4, 0.5) is 0 Å². The van der Waals surface area contributed by atoms with Crippen molar-refractivity contribution in [1.82, 2.24) is 19.9 Å². The lowest BCUT2D eigenvalue weighted by Gasteiger charge is -2.14. The van der Waals surface area contributed by atoms with Crippen molar-refractivity contribution in [1.29, 1.82) is 0 Å². The summed E-state index contributed by atoms with van der Waals surface area (Å²) in [6, 6.07) is 67.4. The number of fused-ring (bicyclic) bond motifs is 11. The number of benzene rings is 9. The zero-order valence-corrected chi connectivity index (χ0v) is 31.7. The Morgan fingerprint density at radius 2 is 0.763 bits per heavy atom. The predicted molar refractivity (Wildman–Crippen MR) is 242 cm³/mol. The van der Waals surface area contributed by atoms with Crippen molar-refractivity contribution in [2.24, 2.45) is 0 Å². The molecule has 274 valence electrons. The van der Waals surface area contributed by atoms with E-state index < -0.39 is 0 Å². The van der Waals surface area contributed by atoms with E-state index >= 15 is 0 Å². The summed E-state index contributed by atoms with van der Waals surface area (Å²) in [5, 5.41) is 10.5. The van der Waals surface area contributed by atoms with Crippen LogP contribution in [0.2, 0.25) is 0 Å².